The number of hydrogen-bond donors (Lipinski definition) is 3. The van der Waals surface area contributed by atoms with Crippen LogP contribution in [0.5, 0.6) is 0 Å². The second-order valence-electron chi connectivity index (χ2n) is 1.83. The van der Waals surface area contributed by atoms with E-state index in [2.05, 4.69) is 5.32 Å². The van der Waals surface area contributed by atoms with E-state index in [4.69, 9.17) is 10.2 Å². The zero-order chi connectivity index (χ0) is 8.15. The number of carboxylic acid groups (broad SMARTS) is 2. The highest BCUT2D eigenvalue weighted by Crippen LogP contribution is 1.78. The summed E-state index contributed by atoms with van der Waals surface area (Å²) in [6.07, 6.45) is 0. The van der Waals surface area contributed by atoms with Crippen molar-refractivity contribution >= 4 is 11.9 Å². The van der Waals surface area contributed by atoms with Crippen molar-refractivity contribution in [1.82, 2.24) is 5.32 Å². The van der Waals surface area contributed by atoms with Gasteiger partial charge in [-0.25, -0.2) is 0 Å². The molecule has 1 atom stereocenters. The van der Waals surface area contributed by atoms with Gasteiger partial charge < -0.3 is 10.2 Å². The highest BCUT2D eigenvalue weighted by atomic mass is 16.4. The van der Waals surface area contributed by atoms with Crippen LogP contribution in [-0.2, 0) is 9.59 Å². The van der Waals surface area contributed by atoms with Crippen LogP contribution < -0.4 is 5.32 Å². The van der Waals surface area contributed by atoms with Gasteiger partial charge >= 0.3 is 11.9 Å². The molecule has 0 saturated carbocycles. The summed E-state index contributed by atoms with van der Waals surface area (Å²) >= 11 is 0. The summed E-state index contributed by atoms with van der Waals surface area (Å²) < 4.78 is 0. The molecule has 0 aliphatic carbocycles. The lowest BCUT2D eigenvalue weighted by molar-refractivity contribution is -0.139. The average molecular weight is 147 g/mol. The maximum Gasteiger partial charge on any atom is 0.320 e. The molecule has 5 heteroatoms. The first-order valence-corrected chi connectivity index (χ1v) is 2.72. The molecule has 0 aromatic heterocycles. The van der Waals surface area contributed by atoms with E-state index in [0.717, 1.165) is 0 Å². The van der Waals surface area contributed by atoms with Gasteiger partial charge in [-0.1, -0.05) is 0 Å². The largest absolute Gasteiger partial charge is 0.480 e. The van der Waals surface area contributed by atoms with Crippen LogP contribution in [0.25, 0.3) is 0 Å². The Bertz CT molecular complexity index is 145. The predicted octanol–water partition coefficient (Wildman–Crippen LogP) is -0.866. The molecule has 0 heterocycles. The van der Waals surface area contributed by atoms with Crippen LogP contribution in [0.1, 0.15) is 6.92 Å². The van der Waals surface area contributed by atoms with Gasteiger partial charge in [0.25, 0.3) is 0 Å². The molecule has 0 rings (SSSR count). The molecule has 0 fully saturated rings. The minimum absolute atomic E-state index is 0.326. The molecule has 0 aromatic rings. The van der Waals surface area contributed by atoms with Crippen LogP contribution in [0.2, 0.25) is 0 Å². The van der Waals surface area contributed by atoms with Gasteiger partial charge in [-0.05, 0) is 6.92 Å². The summed E-state index contributed by atoms with van der Waals surface area (Å²) in [5.41, 5.74) is 0. The van der Waals surface area contributed by atoms with Gasteiger partial charge in [0.05, 0.1) is 6.54 Å². The lowest BCUT2D eigenvalue weighted by atomic mass is 10.3. The van der Waals surface area contributed by atoms with Gasteiger partial charge in [0.1, 0.15) is 6.04 Å². The van der Waals surface area contributed by atoms with Crippen LogP contribution in [0.3, 0.4) is 0 Å². The summed E-state index contributed by atoms with van der Waals surface area (Å²) in [7, 11) is 0. The Labute approximate surface area is 57.7 Å². The fourth-order valence-corrected chi connectivity index (χ4v) is 0.328. The zero-order valence-electron chi connectivity index (χ0n) is 5.50. The Morgan fingerprint density at radius 1 is 1.50 bits per heavy atom. The fraction of sp³-hybridized carbons (Fsp3) is 0.600. The first kappa shape index (κ1) is 8.90. The second-order valence-corrected chi connectivity index (χ2v) is 1.83. The molecule has 0 aromatic carbocycles. The molecule has 0 aliphatic rings. The maximum absolute atomic E-state index is 10.1. The Balaban J connectivity index is 3.49. The molecular formula is C5H9NO4. The van der Waals surface area contributed by atoms with E-state index in [0.29, 0.717) is 0 Å². The Morgan fingerprint density at radius 2 is 2.00 bits per heavy atom. The minimum atomic E-state index is -1.06. The Hall–Kier alpha value is -1.10. The van der Waals surface area contributed by atoms with Crippen molar-refractivity contribution in [2.24, 2.45) is 0 Å². The lowest BCUT2D eigenvalue weighted by Gasteiger charge is -2.04. The molecule has 5 nitrogen and oxygen atoms in total. The van der Waals surface area contributed by atoms with E-state index >= 15 is 0 Å². The van der Waals surface area contributed by atoms with E-state index in [1.54, 1.807) is 0 Å². The molecule has 3 N–H and O–H groups in total. The van der Waals surface area contributed by atoms with Crippen molar-refractivity contribution in [3.8, 4) is 0 Å². The number of carbonyl (C=O) groups is 2. The van der Waals surface area contributed by atoms with Crippen LogP contribution in [-0.4, -0.2) is 34.7 Å². The van der Waals surface area contributed by atoms with Gasteiger partial charge in [0.15, 0.2) is 0 Å². The fourth-order valence-electron chi connectivity index (χ4n) is 0.328. The normalized spacial score (nSPS) is 12.5. The Morgan fingerprint density at radius 3 is 2.30 bits per heavy atom. The number of nitrogens with one attached hydrogen (secondary N) is 1. The van der Waals surface area contributed by atoms with Crippen molar-refractivity contribution < 1.29 is 19.8 Å². The molecule has 58 valence electrons. The van der Waals surface area contributed by atoms with E-state index in [1.165, 1.54) is 6.92 Å². The zero-order valence-corrected chi connectivity index (χ0v) is 5.50. The molecule has 0 aliphatic heterocycles. The monoisotopic (exact) mass is 147 g/mol. The molecule has 0 radical (unpaired) electrons. The molecule has 0 spiro atoms. The topological polar surface area (TPSA) is 86.6 Å². The standard InChI is InChI=1S/C5H9NO4/c1-3(5(9)10)6-2-4(7)8/h3,6H,2H2,1H3,(H,7,8)(H,9,10)/t3-/m1/s1. The summed E-state index contributed by atoms with van der Waals surface area (Å²) in [6, 6.07) is -0.809. The SMILES string of the molecule is C[C@@H](NCC(=O)O)C(=O)O. The number of carboxylic acids is 2. The summed E-state index contributed by atoms with van der Waals surface area (Å²) in [5, 5.41) is 18.6. The maximum atomic E-state index is 10.1. The summed E-state index contributed by atoms with van der Waals surface area (Å²) in [5.74, 6) is -2.12. The Kier molecular flexibility index (Phi) is 3.42. The lowest BCUT2D eigenvalue weighted by Crippen LogP contribution is -2.37. The molecular weight excluding hydrogens is 138 g/mol. The van der Waals surface area contributed by atoms with Crippen molar-refractivity contribution in [3.63, 3.8) is 0 Å². The highest BCUT2D eigenvalue weighted by molar-refractivity contribution is 5.75. The molecule has 0 amide bonds. The molecule has 0 unspecified atom stereocenters. The van der Waals surface area contributed by atoms with Gasteiger partial charge in [-0.3, -0.25) is 14.9 Å². The first-order chi connectivity index (χ1) is 4.54. The van der Waals surface area contributed by atoms with Crippen molar-refractivity contribution in [2.75, 3.05) is 6.54 Å². The number of rotatable bonds is 4. The average Bonchev–Trinajstić information content (AvgIpc) is 1.82. The predicted molar refractivity (Wildman–Crippen MR) is 32.7 cm³/mol. The van der Waals surface area contributed by atoms with Crippen molar-refractivity contribution in [1.29, 1.82) is 0 Å². The second kappa shape index (κ2) is 3.84. The summed E-state index contributed by atoms with van der Waals surface area (Å²) in [6.45, 7) is 1.05. The third-order valence-corrected chi connectivity index (χ3v) is 0.930. The third-order valence-electron chi connectivity index (χ3n) is 0.930. The number of aliphatic carboxylic acids is 2. The van der Waals surface area contributed by atoms with E-state index in [1.807, 2.05) is 0 Å². The van der Waals surface area contributed by atoms with Crippen molar-refractivity contribution in [3.05, 3.63) is 0 Å². The number of hydrogen-bond acceptors (Lipinski definition) is 3. The van der Waals surface area contributed by atoms with Crippen LogP contribution >= 0.6 is 0 Å². The minimum Gasteiger partial charge on any atom is -0.480 e. The van der Waals surface area contributed by atoms with E-state index in [-0.39, 0.29) is 6.54 Å². The quantitative estimate of drug-likeness (QED) is 0.481. The van der Waals surface area contributed by atoms with E-state index in [9.17, 15) is 9.59 Å². The molecule has 0 bridgehead atoms. The third kappa shape index (κ3) is 3.85. The van der Waals surface area contributed by atoms with Crippen molar-refractivity contribution in [2.45, 2.75) is 13.0 Å². The highest BCUT2D eigenvalue weighted by Gasteiger charge is 2.10. The van der Waals surface area contributed by atoms with Gasteiger partial charge in [-0.15, -0.1) is 0 Å². The molecule has 10 heavy (non-hydrogen) atoms. The van der Waals surface area contributed by atoms with Crippen LogP contribution in [0.4, 0.5) is 0 Å². The van der Waals surface area contributed by atoms with Gasteiger partial charge in [0, 0.05) is 0 Å². The van der Waals surface area contributed by atoms with Crippen LogP contribution in [0, 0.1) is 0 Å². The summed E-state index contributed by atoms with van der Waals surface area (Å²) in [4.78, 5) is 19.9. The van der Waals surface area contributed by atoms with Gasteiger partial charge in [-0.2, -0.15) is 0 Å². The smallest absolute Gasteiger partial charge is 0.320 e. The molecule has 0 saturated heterocycles. The van der Waals surface area contributed by atoms with Gasteiger partial charge in [0.2, 0.25) is 0 Å². The first-order valence-electron chi connectivity index (χ1n) is 2.72. The van der Waals surface area contributed by atoms with Crippen LogP contribution in [0.15, 0.2) is 0 Å². The van der Waals surface area contributed by atoms with E-state index < -0.39 is 18.0 Å².